The van der Waals surface area contributed by atoms with Crippen molar-refractivity contribution in [2.45, 2.75) is 13.0 Å². The van der Waals surface area contributed by atoms with Gasteiger partial charge < -0.3 is 15.2 Å². The van der Waals surface area contributed by atoms with E-state index in [1.165, 1.54) is 0 Å². The number of amides is 1. The third-order valence-corrected chi connectivity index (χ3v) is 3.79. The summed E-state index contributed by atoms with van der Waals surface area (Å²) in [5.74, 6) is 0.424. The highest BCUT2D eigenvalue weighted by molar-refractivity contribution is 6.04. The number of methoxy groups -OCH3 is 1. The zero-order valence-electron chi connectivity index (χ0n) is 13.5. The summed E-state index contributed by atoms with van der Waals surface area (Å²) < 4.78 is 5.18. The van der Waals surface area contributed by atoms with E-state index in [4.69, 9.17) is 4.74 Å². The molecule has 0 aliphatic carbocycles. The maximum absolute atomic E-state index is 12.5. The SMILES string of the molecule is COc1ccc2nc(C(=O)Nc3ccccc3C(C)O)ccc2c1. The molecule has 2 N–H and O–H groups in total. The molecule has 5 heteroatoms. The lowest BCUT2D eigenvalue weighted by atomic mass is 10.1. The van der Waals surface area contributed by atoms with E-state index in [1.807, 2.05) is 30.3 Å². The maximum Gasteiger partial charge on any atom is 0.274 e. The predicted octanol–water partition coefficient (Wildman–Crippen LogP) is 3.55. The molecule has 1 aromatic heterocycles. The number of para-hydroxylation sites is 1. The molecule has 1 atom stereocenters. The summed E-state index contributed by atoms with van der Waals surface area (Å²) in [6.07, 6.45) is -0.668. The molecule has 0 aliphatic heterocycles. The van der Waals surface area contributed by atoms with Crippen LogP contribution in [0, 0.1) is 0 Å². The number of aromatic nitrogens is 1. The number of pyridine rings is 1. The molecular formula is C19H18N2O3. The molecule has 0 bridgehead atoms. The Kier molecular flexibility index (Phi) is 4.44. The van der Waals surface area contributed by atoms with Gasteiger partial charge in [-0.3, -0.25) is 4.79 Å². The van der Waals surface area contributed by atoms with Gasteiger partial charge in [0.2, 0.25) is 0 Å². The highest BCUT2D eigenvalue weighted by Crippen LogP contribution is 2.23. The van der Waals surface area contributed by atoms with Gasteiger partial charge >= 0.3 is 0 Å². The zero-order chi connectivity index (χ0) is 17.1. The average Bonchev–Trinajstić information content (AvgIpc) is 2.61. The molecular weight excluding hydrogens is 304 g/mol. The summed E-state index contributed by atoms with van der Waals surface area (Å²) in [7, 11) is 1.61. The van der Waals surface area contributed by atoms with Crippen molar-refractivity contribution in [3.63, 3.8) is 0 Å². The number of carbonyl (C=O) groups excluding carboxylic acids is 1. The number of nitrogens with one attached hydrogen (secondary N) is 1. The van der Waals surface area contributed by atoms with Crippen molar-refractivity contribution in [2.75, 3.05) is 12.4 Å². The fraction of sp³-hybridized carbons (Fsp3) is 0.158. The van der Waals surface area contributed by atoms with Gasteiger partial charge in [-0.15, -0.1) is 0 Å². The van der Waals surface area contributed by atoms with E-state index in [1.54, 1.807) is 38.3 Å². The average molecular weight is 322 g/mol. The number of hydrogen-bond donors (Lipinski definition) is 2. The molecule has 1 unspecified atom stereocenters. The van der Waals surface area contributed by atoms with Crippen LogP contribution in [-0.2, 0) is 0 Å². The molecule has 0 saturated heterocycles. The lowest BCUT2D eigenvalue weighted by Gasteiger charge is -2.13. The van der Waals surface area contributed by atoms with Crippen LogP contribution in [0.3, 0.4) is 0 Å². The van der Waals surface area contributed by atoms with Crippen molar-refractivity contribution in [3.8, 4) is 5.75 Å². The second kappa shape index (κ2) is 6.68. The van der Waals surface area contributed by atoms with Crippen LogP contribution < -0.4 is 10.1 Å². The molecule has 0 aliphatic rings. The summed E-state index contributed by atoms with van der Waals surface area (Å²) in [6, 6.07) is 16.1. The maximum atomic E-state index is 12.5. The number of nitrogens with zero attached hydrogens (tertiary/aromatic N) is 1. The lowest BCUT2D eigenvalue weighted by Crippen LogP contribution is -2.15. The van der Waals surface area contributed by atoms with Crippen LogP contribution in [0.2, 0.25) is 0 Å². The number of hydrogen-bond acceptors (Lipinski definition) is 4. The van der Waals surface area contributed by atoms with Crippen LogP contribution >= 0.6 is 0 Å². The van der Waals surface area contributed by atoms with Gasteiger partial charge in [0.1, 0.15) is 11.4 Å². The molecule has 0 saturated carbocycles. The molecule has 3 aromatic rings. The Morgan fingerprint density at radius 2 is 1.96 bits per heavy atom. The summed E-state index contributed by atoms with van der Waals surface area (Å²) in [5.41, 5.74) is 2.27. The number of benzene rings is 2. The second-order valence-electron chi connectivity index (χ2n) is 5.47. The van der Waals surface area contributed by atoms with Gasteiger partial charge in [-0.2, -0.15) is 0 Å². The Balaban J connectivity index is 1.89. The van der Waals surface area contributed by atoms with Gasteiger partial charge in [-0.25, -0.2) is 4.98 Å². The monoisotopic (exact) mass is 322 g/mol. The van der Waals surface area contributed by atoms with E-state index in [0.717, 1.165) is 11.1 Å². The van der Waals surface area contributed by atoms with E-state index in [2.05, 4.69) is 10.3 Å². The van der Waals surface area contributed by atoms with E-state index in [-0.39, 0.29) is 5.91 Å². The van der Waals surface area contributed by atoms with Crippen LogP contribution in [-0.4, -0.2) is 23.1 Å². The number of fused-ring (bicyclic) bond motifs is 1. The Labute approximate surface area is 139 Å². The minimum absolute atomic E-state index is 0.313. The Hall–Kier alpha value is -2.92. The highest BCUT2D eigenvalue weighted by Gasteiger charge is 2.13. The van der Waals surface area contributed by atoms with Gasteiger partial charge in [0.25, 0.3) is 5.91 Å². The largest absolute Gasteiger partial charge is 0.497 e. The van der Waals surface area contributed by atoms with Crippen LogP contribution in [0.5, 0.6) is 5.75 Å². The first-order valence-corrected chi connectivity index (χ1v) is 7.61. The summed E-state index contributed by atoms with van der Waals surface area (Å²) in [4.78, 5) is 16.9. The van der Waals surface area contributed by atoms with Gasteiger partial charge in [-0.05, 0) is 37.3 Å². The number of rotatable bonds is 4. The molecule has 2 aromatic carbocycles. The van der Waals surface area contributed by atoms with E-state index in [0.29, 0.717) is 22.5 Å². The van der Waals surface area contributed by atoms with Crippen molar-refractivity contribution in [3.05, 3.63) is 65.9 Å². The topological polar surface area (TPSA) is 71.5 Å². The standard InChI is InChI=1S/C19H18N2O3/c1-12(22)15-5-3-4-6-17(15)21-19(23)18-9-7-13-11-14(24-2)8-10-16(13)20-18/h3-12,22H,1-2H3,(H,21,23). The highest BCUT2D eigenvalue weighted by atomic mass is 16.5. The number of aliphatic hydroxyl groups excluding tert-OH is 1. The van der Waals surface area contributed by atoms with Gasteiger partial charge in [0, 0.05) is 16.6 Å². The van der Waals surface area contributed by atoms with Gasteiger partial charge in [0.05, 0.1) is 18.7 Å². The summed E-state index contributed by atoms with van der Waals surface area (Å²) in [6.45, 7) is 1.66. The van der Waals surface area contributed by atoms with Crippen molar-refractivity contribution in [1.82, 2.24) is 4.98 Å². The molecule has 0 radical (unpaired) electrons. The molecule has 1 heterocycles. The zero-order valence-corrected chi connectivity index (χ0v) is 13.5. The smallest absolute Gasteiger partial charge is 0.274 e. The van der Waals surface area contributed by atoms with Crippen LogP contribution in [0.1, 0.15) is 29.1 Å². The van der Waals surface area contributed by atoms with E-state index in [9.17, 15) is 9.90 Å². The van der Waals surface area contributed by atoms with Crippen molar-refractivity contribution in [2.24, 2.45) is 0 Å². The third kappa shape index (κ3) is 3.21. The number of aliphatic hydroxyl groups is 1. The summed E-state index contributed by atoms with van der Waals surface area (Å²) >= 11 is 0. The minimum Gasteiger partial charge on any atom is -0.497 e. The van der Waals surface area contributed by atoms with E-state index < -0.39 is 6.10 Å². The molecule has 0 fully saturated rings. The lowest BCUT2D eigenvalue weighted by molar-refractivity contribution is 0.102. The normalized spacial score (nSPS) is 12.0. The number of anilines is 1. The molecule has 1 amide bonds. The van der Waals surface area contributed by atoms with Crippen LogP contribution in [0.4, 0.5) is 5.69 Å². The Morgan fingerprint density at radius 3 is 2.71 bits per heavy atom. The predicted molar refractivity (Wildman–Crippen MR) is 93.3 cm³/mol. The van der Waals surface area contributed by atoms with Crippen molar-refractivity contribution in [1.29, 1.82) is 0 Å². The van der Waals surface area contributed by atoms with Crippen LogP contribution in [0.25, 0.3) is 10.9 Å². The minimum atomic E-state index is -0.668. The molecule has 5 nitrogen and oxygen atoms in total. The Bertz CT molecular complexity index is 891. The number of carbonyl (C=O) groups is 1. The molecule has 24 heavy (non-hydrogen) atoms. The molecule has 3 rings (SSSR count). The quantitative estimate of drug-likeness (QED) is 0.770. The Morgan fingerprint density at radius 1 is 1.17 bits per heavy atom. The van der Waals surface area contributed by atoms with Crippen molar-refractivity contribution >= 4 is 22.5 Å². The van der Waals surface area contributed by atoms with Gasteiger partial charge in [-0.1, -0.05) is 24.3 Å². The molecule has 0 spiro atoms. The fourth-order valence-electron chi connectivity index (χ4n) is 2.52. The second-order valence-corrected chi connectivity index (χ2v) is 5.47. The van der Waals surface area contributed by atoms with Gasteiger partial charge in [0.15, 0.2) is 0 Å². The third-order valence-electron chi connectivity index (χ3n) is 3.79. The first-order valence-electron chi connectivity index (χ1n) is 7.61. The first-order chi connectivity index (χ1) is 11.6. The van der Waals surface area contributed by atoms with E-state index >= 15 is 0 Å². The summed E-state index contributed by atoms with van der Waals surface area (Å²) in [5, 5.41) is 13.5. The fourth-order valence-corrected chi connectivity index (χ4v) is 2.52. The molecule has 122 valence electrons. The van der Waals surface area contributed by atoms with Crippen molar-refractivity contribution < 1.29 is 14.6 Å². The number of ether oxygens (including phenoxy) is 1. The first kappa shape index (κ1) is 16.0. The van der Waals surface area contributed by atoms with Crippen LogP contribution in [0.15, 0.2) is 54.6 Å².